The highest BCUT2D eigenvalue weighted by Crippen LogP contribution is 2.19. The largest absolute Gasteiger partial charge is 0.332 e. The van der Waals surface area contributed by atoms with Crippen molar-refractivity contribution in [1.82, 2.24) is 20.1 Å². The molecule has 21 heavy (non-hydrogen) atoms. The molecular weight excluding hydrogens is 264 g/mol. The van der Waals surface area contributed by atoms with Gasteiger partial charge in [0.1, 0.15) is 5.82 Å². The van der Waals surface area contributed by atoms with E-state index in [0.29, 0.717) is 6.54 Å². The van der Waals surface area contributed by atoms with Crippen LogP contribution in [-0.4, -0.2) is 32.5 Å². The lowest BCUT2D eigenvalue weighted by Gasteiger charge is -2.19. The molecule has 1 aliphatic heterocycles. The molecular formula is C16H20N4O. The van der Waals surface area contributed by atoms with Crippen LogP contribution in [0.25, 0.3) is 0 Å². The molecule has 0 radical (unpaired) electrons. The number of carbonyl (C=O) groups excluding carboxylic acids is 1. The predicted molar refractivity (Wildman–Crippen MR) is 79.9 cm³/mol. The van der Waals surface area contributed by atoms with Crippen molar-refractivity contribution in [3.63, 3.8) is 0 Å². The number of benzene rings is 1. The standard InChI is InChI=1S/C16H20N4O/c1-2-6-14-17-15(19-18-14)16(21)20-10-5-9-12-7-3-4-8-13(12)11-20/h3-4,7-8H,2,5-6,9-11H2,1H3,(H,17,18,19). The molecule has 110 valence electrons. The number of rotatable bonds is 3. The molecule has 0 bridgehead atoms. The Morgan fingerprint density at radius 2 is 2.14 bits per heavy atom. The van der Waals surface area contributed by atoms with Gasteiger partial charge < -0.3 is 4.90 Å². The maximum absolute atomic E-state index is 12.6. The average Bonchev–Trinajstić information content (AvgIpc) is 2.85. The van der Waals surface area contributed by atoms with Crippen molar-refractivity contribution in [2.45, 2.75) is 39.2 Å². The Hall–Kier alpha value is -2.17. The van der Waals surface area contributed by atoms with Gasteiger partial charge in [0.15, 0.2) is 0 Å². The number of aryl methyl sites for hydroxylation is 2. The fourth-order valence-electron chi connectivity index (χ4n) is 2.76. The maximum atomic E-state index is 12.6. The van der Waals surface area contributed by atoms with Gasteiger partial charge in [0.2, 0.25) is 5.82 Å². The number of nitrogens with zero attached hydrogens (tertiary/aromatic N) is 3. The van der Waals surface area contributed by atoms with E-state index in [1.165, 1.54) is 11.1 Å². The van der Waals surface area contributed by atoms with Crippen LogP contribution in [0.5, 0.6) is 0 Å². The number of carbonyl (C=O) groups is 1. The Balaban J connectivity index is 1.78. The Labute approximate surface area is 124 Å². The number of hydrogen-bond acceptors (Lipinski definition) is 3. The van der Waals surface area contributed by atoms with Crippen molar-refractivity contribution in [3.8, 4) is 0 Å². The zero-order valence-corrected chi connectivity index (χ0v) is 12.3. The Bertz CT molecular complexity index is 635. The molecule has 1 aliphatic rings. The topological polar surface area (TPSA) is 61.9 Å². The molecule has 2 heterocycles. The first-order chi connectivity index (χ1) is 10.3. The van der Waals surface area contributed by atoms with Crippen molar-refractivity contribution in [1.29, 1.82) is 0 Å². The fourth-order valence-corrected chi connectivity index (χ4v) is 2.76. The van der Waals surface area contributed by atoms with Gasteiger partial charge in [-0.15, -0.1) is 5.10 Å². The molecule has 0 atom stereocenters. The summed E-state index contributed by atoms with van der Waals surface area (Å²) in [5.41, 5.74) is 2.57. The Morgan fingerprint density at radius 1 is 1.33 bits per heavy atom. The second kappa shape index (κ2) is 6.08. The van der Waals surface area contributed by atoms with Gasteiger partial charge in [0.05, 0.1) is 0 Å². The first kappa shape index (κ1) is 13.8. The first-order valence-corrected chi connectivity index (χ1v) is 7.55. The van der Waals surface area contributed by atoms with E-state index >= 15 is 0 Å². The fraction of sp³-hybridized carbons (Fsp3) is 0.438. The summed E-state index contributed by atoms with van der Waals surface area (Å²) in [5.74, 6) is 0.999. The summed E-state index contributed by atoms with van der Waals surface area (Å²) in [7, 11) is 0. The lowest BCUT2D eigenvalue weighted by atomic mass is 10.0. The average molecular weight is 284 g/mol. The summed E-state index contributed by atoms with van der Waals surface area (Å²) in [6.45, 7) is 3.48. The minimum atomic E-state index is -0.0784. The summed E-state index contributed by atoms with van der Waals surface area (Å²) in [4.78, 5) is 18.7. The van der Waals surface area contributed by atoms with E-state index in [4.69, 9.17) is 0 Å². The van der Waals surface area contributed by atoms with Gasteiger partial charge in [-0.3, -0.25) is 9.89 Å². The van der Waals surface area contributed by atoms with Crippen LogP contribution in [0.15, 0.2) is 24.3 Å². The van der Waals surface area contributed by atoms with Gasteiger partial charge in [0.25, 0.3) is 5.91 Å². The van der Waals surface area contributed by atoms with Crippen LogP contribution in [-0.2, 0) is 19.4 Å². The number of amides is 1. The zero-order chi connectivity index (χ0) is 14.7. The second-order valence-corrected chi connectivity index (χ2v) is 5.45. The van der Waals surface area contributed by atoms with Gasteiger partial charge >= 0.3 is 0 Å². The van der Waals surface area contributed by atoms with E-state index in [2.05, 4.69) is 40.3 Å². The molecule has 0 saturated heterocycles. The van der Waals surface area contributed by atoms with Crippen LogP contribution in [0.3, 0.4) is 0 Å². The summed E-state index contributed by atoms with van der Waals surface area (Å²) in [5, 5.41) is 6.92. The highest BCUT2D eigenvalue weighted by atomic mass is 16.2. The van der Waals surface area contributed by atoms with E-state index in [9.17, 15) is 4.79 Å². The molecule has 2 aromatic rings. The molecule has 1 N–H and O–H groups in total. The maximum Gasteiger partial charge on any atom is 0.293 e. The molecule has 5 heteroatoms. The molecule has 1 aromatic heterocycles. The van der Waals surface area contributed by atoms with Crippen molar-refractivity contribution >= 4 is 5.91 Å². The number of nitrogens with one attached hydrogen (secondary N) is 1. The van der Waals surface area contributed by atoms with E-state index in [1.807, 2.05) is 11.0 Å². The number of aromatic amines is 1. The molecule has 0 saturated carbocycles. The van der Waals surface area contributed by atoms with Crippen LogP contribution in [0.1, 0.15) is 47.3 Å². The quantitative estimate of drug-likeness (QED) is 0.941. The van der Waals surface area contributed by atoms with Crippen molar-refractivity contribution in [3.05, 3.63) is 47.0 Å². The van der Waals surface area contributed by atoms with E-state index in [1.54, 1.807) is 0 Å². The Morgan fingerprint density at radius 3 is 2.95 bits per heavy atom. The van der Waals surface area contributed by atoms with Crippen LogP contribution in [0.4, 0.5) is 0 Å². The Kier molecular flexibility index (Phi) is 3.99. The SMILES string of the molecule is CCCc1nc(C(=O)N2CCCc3ccccc3C2)n[nH]1. The van der Waals surface area contributed by atoms with E-state index in [-0.39, 0.29) is 11.7 Å². The van der Waals surface area contributed by atoms with Crippen LogP contribution < -0.4 is 0 Å². The molecule has 5 nitrogen and oxygen atoms in total. The highest BCUT2D eigenvalue weighted by Gasteiger charge is 2.23. The molecule has 1 aromatic carbocycles. The summed E-state index contributed by atoms with van der Waals surface area (Å²) < 4.78 is 0. The summed E-state index contributed by atoms with van der Waals surface area (Å²) in [6.07, 6.45) is 3.81. The molecule has 0 unspecified atom stereocenters. The normalized spacial score (nSPS) is 14.6. The van der Waals surface area contributed by atoms with Crippen LogP contribution in [0, 0.1) is 0 Å². The third-order valence-corrected chi connectivity index (χ3v) is 3.85. The minimum Gasteiger partial charge on any atom is -0.332 e. The third-order valence-electron chi connectivity index (χ3n) is 3.85. The smallest absolute Gasteiger partial charge is 0.293 e. The highest BCUT2D eigenvalue weighted by molar-refractivity contribution is 5.90. The minimum absolute atomic E-state index is 0.0784. The number of aromatic nitrogens is 3. The van der Waals surface area contributed by atoms with Crippen molar-refractivity contribution < 1.29 is 4.79 Å². The molecule has 0 aliphatic carbocycles. The number of hydrogen-bond donors (Lipinski definition) is 1. The lowest BCUT2D eigenvalue weighted by molar-refractivity contribution is 0.0734. The predicted octanol–water partition coefficient (Wildman–Crippen LogP) is 2.35. The number of H-pyrrole nitrogens is 1. The summed E-state index contributed by atoms with van der Waals surface area (Å²) >= 11 is 0. The molecule has 1 amide bonds. The molecule has 0 spiro atoms. The van der Waals surface area contributed by atoms with Crippen LogP contribution in [0.2, 0.25) is 0 Å². The second-order valence-electron chi connectivity index (χ2n) is 5.45. The zero-order valence-electron chi connectivity index (χ0n) is 12.3. The van der Waals surface area contributed by atoms with Crippen molar-refractivity contribution in [2.24, 2.45) is 0 Å². The van der Waals surface area contributed by atoms with Gasteiger partial charge in [-0.25, -0.2) is 4.98 Å². The monoisotopic (exact) mass is 284 g/mol. The van der Waals surface area contributed by atoms with E-state index in [0.717, 1.165) is 38.1 Å². The lowest BCUT2D eigenvalue weighted by Crippen LogP contribution is -2.31. The first-order valence-electron chi connectivity index (χ1n) is 7.55. The van der Waals surface area contributed by atoms with Gasteiger partial charge in [0, 0.05) is 19.5 Å². The number of fused-ring (bicyclic) bond motifs is 1. The van der Waals surface area contributed by atoms with Gasteiger partial charge in [-0.05, 0) is 30.4 Å². The van der Waals surface area contributed by atoms with Crippen molar-refractivity contribution in [2.75, 3.05) is 6.54 Å². The van der Waals surface area contributed by atoms with E-state index < -0.39 is 0 Å². The van der Waals surface area contributed by atoms with Crippen LogP contribution >= 0.6 is 0 Å². The third kappa shape index (κ3) is 2.96. The molecule has 0 fully saturated rings. The van der Waals surface area contributed by atoms with Gasteiger partial charge in [-0.1, -0.05) is 31.2 Å². The summed E-state index contributed by atoms with van der Waals surface area (Å²) in [6, 6.07) is 8.33. The van der Waals surface area contributed by atoms with Gasteiger partial charge in [-0.2, -0.15) is 0 Å². The molecule has 3 rings (SSSR count).